The number of amides is 1. The van der Waals surface area contributed by atoms with Crippen molar-refractivity contribution in [1.29, 1.82) is 0 Å². The molecular weight excluding hydrogens is 516 g/mol. The number of nitrogens with one attached hydrogen (secondary N) is 2. The molecular formula is C27H28ClF2N5O3. The number of carbonyl (C=O) groups is 1. The summed E-state index contributed by atoms with van der Waals surface area (Å²) in [6.45, 7) is 5.66. The summed E-state index contributed by atoms with van der Waals surface area (Å²) >= 11 is 6.39. The van der Waals surface area contributed by atoms with Crippen molar-refractivity contribution in [3.63, 3.8) is 0 Å². The first-order chi connectivity index (χ1) is 18.4. The Labute approximate surface area is 224 Å². The fraction of sp³-hybridized carbons (Fsp3) is 0.296. The number of halogens is 3. The molecule has 0 spiro atoms. The molecule has 38 heavy (non-hydrogen) atoms. The first-order valence-corrected chi connectivity index (χ1v) is 12.5. The van der Waals surface area contributed by atoms with E-state index >= 15 is 0 Å². The second kappa shape index (κ2) is 13.3. The Morgan fingerprint density at radius 1 is 1.21 bits per heavy atom. The summed E-state index contributed by atoms with van der Waals surface area (Å²) < 4.78 is 39.2. The van der Waals surface area contributed by atoms with Crippen molar-refractivity contribution in [2.45, 2.75) is 13.5 Å². The molecule has 0 saturated carbocycles. The van der Waals surface area contributed by atoms with Crippen LogP contribution in [0.15, 0.2) is 54.6 Å². The zero-order valence-corrected chi connectivity index (χ0v) is 21.6. The zero-order chi connectivity index (χ0) is 26.9. The average molecular weight is 544 g/mol. The van der Waals surface area contributed by atoms with Gasteiger partial charge in [-0.1, -0.05) is 23.7 Å². The van der Waals surface area contributed by atoms with Crippen LogP contribution in [0.4, 0.5) is 20.3 Å². The van der Waals surface area contributed by atoms with Crippen LogP contribution in [-0.2, 0) is 16.1 Å². The third-order valence-corrected chi connectivity index (χ3v) is 6.16. The van der Waals surface area contributed by atoms with Gasteiger partial charge in [-0.25, -0.2) is 18.7 Å². The van der Waals surface area contributed by atoms with Crippen molar-refractivity contribution in [2.75, 3.05) is 44.7 Å². The highest BCUT2D eigenvalue weighted by atomic mass is 35.5. The lowest BCUT2D eigenvalue weighted by Gasteiger charge is -2.26. The van der Waals surface area contributed by atoms with E-state index in [0.717, 1.165) is 19.2 Å². The molecule has 2 N–H and O–H groups in total. The maximum atomic E-state index is 14.8. The molecule has 0 radical (unpaired) electrons. The maximum absolute atomic E-state index is 14.8. The number of benzene rings is 2. The van der Waals surface area contributed by atoms with Crippen LogP contribution in [0, 0.1) is 12.7 Å². The Kier molecular flexibility index (Phi) is 9.58. The molecule has 0 atom stereocenters. The van der Waals surface area contributed by atoms with E-state index in [-0.39, 0.29) is 12.4 Å². The highest BCUT2D eigenvalue weighted by molar-refractivity contribution is 6.32. The van der Waals surface area contributed by atoms with E-state index in [2.05, 4.69) is 25.5 Å². The molecule has 0 bridgehead atoms. The van der Waals surface area contributed by atoms with Crippen LogP contribution in [0.5, 0.6) is 5.75 Å². The van der Waals surface area contributed by atoms with E-state index < -0.39 is 11.7 Å². The van der Waals surface area contributed by atoms with Crippen LogP contribution in [0.1, 0.15) is 16.8 Å². The Bertz CT molecular complexity index is 1300. The predicted octanol–water partition coefficient (Wildman–Crippen LogP) is 4.66. The Balaban J connectivity index is 1.40. The molecule has 1 aromatic heterocycles. The molecule has 11 heteroatoms. The minimum atomic E-state index is -0.952. The third kappa shape index (κ3) is 7.70. The molecule has 2 heterocycles. The molecule has 1 aliphatic rings. The normalized spacial score (nSPS) is 14.3. The quantitative estimate of drug-likeness (QED) is 0.360. The van der Waals surface area contributed by atoms with E-state index in [0.29, 0.717) is 65.4 Å². The third-order valence-electron chi connectivity index (χ3n) is 5.87. The molecule has 4 rings (SSSR count). The van der Waals surface area contributed by atoms with Crippen molar-refractivity contribution in [2.24, 2.45) is 0 Å². The summed E-state index contributed by atoms with van der Waals surface area (Å²) in [4.78, 5) is 22.8. The molecule has 1 amide bonds. The van der Waals surface area contributed by atoms with Crippen LogP contribution in [0.25, 0.3) is 6.08 Å². The van der Waals surface area contributed by atoms with Gasteiger partial charge in [0.05, 0.1) is 23.9 Å². The van der Waals surface area contributed by atoms with Crippen LogP contribution >= 0.6 is 11.6 Å². The summed E-state index contributed by atoms with van der Waals surface area (Å²) in [6, 6.07) is 11.1. The van der Waals surface area contributed by atoms with Crippen LogP contribution in [0.2, 0.25) is 5.02 Å². The molecule has 200 valence electrons. The number of aryl methyl sites for hydroxylation is 1. The van der Waals surface area contributed by atoms with Gasteiger partial charge in [-0.05, 0) is 48.9 Å². The summed E-state index contributed by atoms with van der Waals surface area (Å²) in [5.74, 6) is -1.38. The van der Waals surface area contributed by atoms with Crippen molar-refractivity contribution < 1.29 is 23.0 Å². The average Bonchev–Trinajstić information content (AvgIpc) is 2.90. The SMILES string of the molecule is Cc1ncnc(Nc2ccc(OCc3cccc(F)c3)c(Cl)c2)c1/C=C(\F)C(=O)NCCN1CCOCC1. The Morgan fingerprint density at radius 3 is 2.79 bits per heavy atom. The number of hydrogen-bond donors (Lipinski definition) is 2. The minimum absolute atomic E-state index is 0.151. The van der Waals surface area contributed by atoms with Crippen molar-refractivity contribution in [1.82, 2.24) is 20.2 Å². The number of ether oxygens (including phenoxy) is 2. The van der Waals surface area contributed by atoms with Gasteiger partial charge in [-0.15, -0.1) is 0 Å². The van der Waals surface area contributed by atoms with Crippen molar-refractivity contribution >= 4 is 35.1 Å². The maximum Gasteiger partial charge on any atom is 0.280 e. The number of aromatic nitrogens is 2. The lowest BCUT2D eigenvalue weighted by molar-refractivity contribution is -0.118. The first-order valence-electron chi connectivity index (χ1n) is 12.1. The molecule has 0 unspecified atom stereocenters. The zero-order valence-electron chi connectivity index (χ0n) is 20.8. The van der Waals surface area contributed by atoms with Gasteiger partial charge in [-0.3, -0.25) is 9.69 Å². The topological polar surface area (TPSA) is 88.6 Å². The van der Waals surface area contributed by atoms with Crippen molar-refractivity contribution in [3.8, 4) is 5.75 Å². The highest BCUT2D eigenvalue weighted by Gasteiger charge is 2.15. The van der Waals surface area contributed by atoms with Crippen LogP contribution in [-0.4, -0.2) is 60.2 Å². The summed E-state index contributed by atoms with van der Waals surface area (Å²) in [7, 11) is 0. The largest absolute Gasteiger partial charge is 0.487 e. The standard InChI is InChI=1S/C27H28ClF2N5O3/c1-18-22(15-24(30)27(36)31-7-8-35-9-11-37-12-10-35)26(33-17-32-18)34-21-5-6-25(23(28)14-21)38-16-19-3-2-4-20(29)13-19/h2-6,13-15,17H,7-12,16H2,1H3,(H,31,36)(H,32,33,34)/b24-15-. The molecule has 1 saturated heterocycles. The second-order valence-corrected chi connectivity index (χ2v) is 9.02. The van der Waals surface area contributed by atoms with Gasteiger partial charge in [0, 0.05) is 37.4 Å². The number of hydrogen-bond acceptors (Lipinski definition) is 7. The molecule has 8 nitrogen and oxygen atoms in total. The number of morpholine rings is 1. The summed E-state index contributed by atoms with van der Waals surface area (Å²) in [5.41, 5.74) is 2.05. The lowest BCUT2D eigenvalue weighted by atomic mass is 10.2. The molecule has 1 aliphatic heterocycles. The number of anilines is 2. The van der Waals surface area contributed by atoms with E-state index in [1.54, 1.807) is 37.3 Å². The van der Waals surface area contributed by atoms with E-state index in [1.165, 1.54) is 18.5 Å². The number of carbonyl (C=O) groups excluding carboxylic acids is 1. The lowest BCUT2D eigenvalue weighted by Crippen LogP contribution is -2.41. The van der Waals surface area contributed by atoms with Gasteiger partial charge in [0.2, 0.25) is 0 Å². The van der Waals surface area contributed by atoms with E-state index in [1.807, 2.05) is 0 Å². The molecule has 1 fully saturated rings. The summed E-state index contributed by atoms with van der Waals surface area (Å²) in [5, 5.41) is 6.01. The monoisotopic (exact) mass is 543 g/mol. The Hall–Kier alpha value is -3.60. The fourth-order valence-corrected chi connectivity index (χ4v) is 4.04. The van der Waals surface area contributed by atoms with Crippen LogP contribution in [0.3, 0.4) is 0 Å². The van der Waals surface area contributed by atoms with Gasteiger partial charge in [0.25, 0.3) is 5.91 Å². The number of nitrogens with zero attached hydrogens (tertiary/aromatic N) is 3. The van der Waals surface area contributed by atoms with Crippen molar-refractivity contribution in [3.05, 3.63) is 82.3 Å². The van der Waals surface area contributed by atoms with Gasteiger partial charge >= 0.3 is 0 Å². The molecule has 0 aliphatic carbocycles. The van der Waals surface area contributed by atoms with Gasteiger partial charge in [-0.2, -0.15) is 0 Å². The predicted molar refractivity (Wildman–Crippen MR) is 142 cm³/mol. The Morgan fingerprint density at radius 2 is 2.03 bits per heavy atom. The smallest absolute Gasteiger partial charge is 0.280 e. The number of rotatable bonds is 10. The van der Waals surface area contributed by atoms with Gasteiger partial charge in [0.15, 0.2) is 5.83 Å². The summed E-state index contributed by atoms with van der Waals surface area (Å²) in [6.07, 6.45) is 2.45. The molecule has 3 aromatic rings. The van der Waals surface area contributed by atoms with Gasteiger partial charge in [0.1, 0.15) is 30.3 Å². The first kappa shape index (κ1) is 27.4. The fourth-order valence-electron chi connectivity index (χ4n) is 3.81. The molecule has 2 aromatic carbocycles. The van der Waals surface area contributed by atoms with E-state index in [4.69, 9.17) is 21.1 Å². The van der Waals surface area contributed by atoms with E-state index in [9.17, 15) is 13.6 Å². The van der Waals surface area contributed by atoms with Gasteiger partial charge < -0.3 is 20.1 Å². The minimum Gasteiger partial charge on any atom is -0.487 e. The highest BCUT2D eigenvalue weighted by Crippen LogP contribution is 2.31. The second-order valence-electron chi connectivity index (χ2n) is 8.61. The van der Waals surface area contributed by atoms with Crippen LogP contribution < -0.4 is 15.4 Å².